The Labute approximate surface area is 107 Å². The summed E-state index contributed by atoms with van der Waals surface area (Å²) in [6.45, 7) is 12.1. The number of rotatable bonds is 10. The first kappa shape index (κ1) is 17.1. The molecule has 0 fully saturated rings. The van der Waals surface area contributed by atoms with Crippen LogP contribution in [0.3, 0.4) is 0 Å². The molecule has 0 heterocycles. The van der Waals surface area contributed by atoms with Crippen LogP contribution in [0.5, 0.6) is 0 Å². The van der Waals surface area contributed by atoms with Crippen molar-refractivity contribution < 1.29 is 13.3 Å². The summed E-state index contributed by atoms with van der Waals surface area (Å²) in [4.78, 5) is 0. The van der Waals surface area contributed by atoms with Crippen LogP contribution in [-0.2, 0) is 13.3 Å². The highest BCUT2D eigenvalue weighted by Crippen LogP contribution is 2.30. The molecule has 0 atom stereocenters. The summed E-state index contributed by atoms with van der Waals surface area (Å²) in [7, 11) is -0.722. The van der Waals surface area contributed by atoms with E-state index in [1.165, 1.54) is 0 Å². The highest BCUT2D eigenvalue weighted by molar-refractivity contribution is 6.64. The van der Waals surface area contributed by atoms with Crippen LogP contribution in [0.2, 0.25) is 0 Å². The number of hydrogen-bond donors (Lipinski definition) is 1. The minimum atomic E-state index is -2.69. The Morgan fingerprint density at radius 3 is 1.35 bits per heavy atom. The smallest absolute Gasteiger partial charge is 0.373 e. The van der Waals surface area contributed by atoms with Crippen molar-refractivity contribution in [3.05, 3.63) is 0 Å². The molecule has 0 aromatic rings. The molecular formula is C12H29NO3Si. The lowest BCUT2D eigenvalue weighted by Gasteiger charge is -2.44. The standard InChI is InChI=1S/C12H29NO3Si/c1-7-12(8-2,13-6)17(14-9-3,15-10-4)16-11-5/h13H,7-11H2,1-6H3. The molecule has 0 aliphatic heterocycles. The van der Waals surface area contributed by atoms with E-state index in [0.29, 0.717) is 19.8 Å². The Morgan fingerprint density at radius 2 is 1.18 bits per heavy atom. The van der Waals surface area contributed by atoms with E-state index in [4.69, 9.17) is 13.3 Å². The molecule has 0 bridgehead atoms. The first-order valence-corrected chi connectivity index (χ1v) is 8.45. The summed E-state index contributed by atoms with van der Waals surface area (Å²) in [5.74, 6) is 0. The molecule has 0 saturated heterocycles. The largest absolute Gasteiger partial charge is 0.522 e. The number of hydrogen-bond acceptors (Lipinski definition) is 4. The zero-order chi connectivity index (χ0) is 13.4. The SMILES string of the molecule is CCO[Si](OCC)(OCC)C(CC)(CC)NC. The predicted octanol–water partition coefficient (Wildman–Crippen LogP) is 2.35. The third-order valence-corrected chi connectivity index (χ3v) is 7.41. The summed E-state index contributed by atoms with van der Waals surface area (Å²) < 4.78 is 17.9. The molecule has 0 aromatic carbocycles. The highest BCUT2D eigenvalue weighted by Gasteiger charge is 2.58. The van der Waals surface area contributed by atoms with E-state index in [9.17, 15) is 0 Å². The molecule has 0 amide bonds. The van der Waals surface area contributed by atoms with Crippen molar-refractivity contribution in [1.29, 1.82) is 0 Å². The van der Waals surface area contributed by atoms with Crippen LogP contribution in [0.1, 0.15) is 47.5 Å². The first-order valence-electron chi connectivity index (χ1n) is 6.72. The van der Waals surface area contributed by atoms with Crippen LogP contribution in [0.25, 0.3) is 0 Å². The second-order valence-electron chi connectivity index (χ2n) is 3.89. The maximum atomic E-state index is 5.98. The van der Waals surface area contributed by atoms with Gasteiger partial charge >= 0.3 is 8.80 Å². The van der Waals surface area contributed by atoms with E-state index < -0.39 is 8.80 Å². The Balaban J connectivity index is 5.31. The molecule has 0 aromatic heterocycles. The molecule has 5 heteroatoms. The molecule has 0 saturated carbocycles. The van der Waals surface area contributed by atoms with Crippen LogP contribution in [0.15, 0.2) is 0 Å². The van der Waals surface area contributed by atoms with Gasteiger partial charge in [-0.05, 0) is 40.7 Å². The minimum Gasteiger partial charge on any atom is -0.373 e. The predicted molar refractivity (Wildman–Crippen MR) is 73.0 cm³/mol. The van der Waals surface area contributed by atoms with Crippen molar-refractivity contribution in [3.63, 3.8) is 0 Å². The average Bonchev–Trinajstić information content (AvgIpc) is 2.33. The molecular weight excluding hydrogens is 234 g/mol. The van der Waals surface area contributed by atoms with Gasteiger partial charge in [-0.15, -0.1) is 0 Å². The molecule has 0 rings (SSSR count). The molecule has 0 spiro atoms. The summed E-state index contributed by atoms with van der Waals surface area (Å²) in [5, 5.41) is 3.21. The molecule has 0 radical (unpaired) electrons. The maximum absolute atomic E-state index is 5.98. The minimum absolute atomic E-state index is 0.185. The lowest BCUT2D eigenvalue weighted by molar-refractivity contribution is 0.0365. The van der Waals surface area contributed by atoms with Gasteiger partial charge in [-0.2, -0.15) is 0 Å². The Morgan fingerprint density at radius 1 is 0.824 bits per heavy atom. The van der Waals surface area contributed by atoms with Crippen molar-refractivity contribution >= 4 is 8.80 Å². The van der Waals surface area contributed by atoms with Gasteiger partial charge in [0.15, 0.2) is 0 Å². The van der Waals surface area contributed by atoms with Gasteiger partial charge in [0.1, 0.15) is 0 Å². The summed E-state index contributed by atoms with van der Waals surface area (Å²) in [6.07, 6.45) is 1.87. The summed E-state index contributed by atoms with van der Waals surface area (Å²) in [5.41, 5.74) is 0. The molecule has 0 aliphatic carbocycles. The van der Waals surface area contributed by atoms with Crippen molar-refractivity contribution in [2.24, 2.45) is 0 Å². The van der Waals surface area contributed by atoms with Gasteiger partial charge in [-0.3, -0.25) is 0 Å². The zero-order valence-corrected chi connectivity index (χ0v) is 13.3. The molecule has 0 unspecified atom stereocenters. The van der Waals surface area contributed by atoms with Gasteiger partial charge in [0.05, 0.1) is 5.16 Å². The number of nitrogens with one attached hydrogen (secondary N) is 1. The second-order valence-corrected chi connectivity index (χ2v) is 6.83. The van der Waals surface area contributed by atoms with Gasteiger partial charge in [0.2, 0.25) is 0 Å². The normalized spacial score (nSPS) is 13.1. The quantitative estimate of drug-likeness (QED) is 0.614. The maximum Gasteiger partial charge on any atom is 0.522 e. The Hall–Kier alpha value is 0.0569. The fourth-order valence-electron chi connectivity index (χ4n) is 2.30. The van der Waals surface area contributed by atoms with Gasteiger partial charge in [0, 0.05) is 19.8 Å². The van der Waals surface area contributed by atoms with E-state index in [2.05, 4.69) is 19.2 Å². The van der Waals surface area contributed by atoms with E-state index in [-0.39, 0.29) is 5.16 Å². The topological polar surface area (TPSA) is 39.7 Å². The monoisotopic (exact) mass is 263 g/mol. The lowest BCUT2D eigenvalue weighted by atomic mass is 10.1. The molecule has 104 valence electrons. The van der Waals surface area contributed by atoms with Crippen LogP contribution in [-0.4, -0.2) is 40.8 Å². The van der Waals surface area contributed by atoms with E-state index >= 15 is 0 Å². The fourth-order valence-corrected chi connectivity index (χ4v) is 5.69. The van der Waals surface area contributed by atoms with Crippen molar-refractivity contribution in [1.82, 2.24) is 5.32 Å². The van der Waals surface area contributed by atoms with Crippen LogP contribution >= 0.6 is 0 Å². The first-order chi connectivity index (χ1) is 8.11. The van der Waals surface area contributed by atoms with Gasteiger partial charge < -0.3 is 18.6 Å². The van der Waals surface area contributed by atoms with Gasteiger partial charge in [-0.25, -0.2) is 0 Å². The molecule has 1 N–H and O–H groups in total. The van der Waals surface area contributed by atoms with Crippen LogP contribution in [0.4, 0.5) is 0 Å². The van der Waals surface area contributed by atoms with Crippen LogP contribution < -0.4 is 5.32 Å². The molecule has 0 aliphatic rings. The van der Waals surface area contributed by atoms with Crippen molar-refractivity contribution in [2.75, 3.05) is 26.9 Å². The zero-order valence-electron chi connectivity index (χ0n) is 12.3. The average molecular weight is 263 g/mol. The second kappa shape index (κ2) is 8.21. The third kappa shape index (κ3) is 3.51. The van der Waals surface area contributed by atoms with E-state index in [1.54, 1.807) is 0 Å². The molecule has 17 heavy (non-hydrogen) atoms. The fraction of sp³-hybridized carbons (Fsp3) is 1.00. The van der Waals surface area contributed by atoms with Crippen molar-refractivity contribution in [3.8, 4) is 0 Å². The van der Waals surface area contributed by atoms with E-state index in [0.717, 1.165) is 12.8 Å². The molecule has 4 nitrogen and oxygen atoms in total. The van der Waals surface area contributed by atoms with Crippen LogP contribution in [0, 0.1) is 0 Å². The Bertz CT molecular complexity index is 173. The van der Waals surface area contributed by atoms with Gasteiger partial charge in [-0.1, -0.05) is 13.8 Å². The van der Waals surface area contributed by atoms with Crippen molar-refractivity contribution in [2.45, 2.75) is 52.6 Å². The Kier molecular flexibility index (Phi) is 8.24. The van der Waals surface area contributed by atoms with Gasteiger partial charge in [0.25, 0.3) is 0 Å². The summed E-state index contributed by atoms with van der Waals surface area (Å²) in [6, 6.07) is 0. The third-order valence-electron chi connectivity index (χ3n) is 3.27. The lowest BCUT2D eigenvalue weighted by Crippen LogP contribution is -2.70. The highest BCUT2D eigenvalue weighted by atomic mass is 28.4. The van der Waals surface area contributed by atoms with E-state index in [1.807, 2.05) is 27.8 Å². The summed E-state index contributed by atoms with van der Waals surface area (Å²) >= 11 is 0.